The lowest BCUT2D eigenvalue weighted by Crippen LogP contribution is -1.67. The third kappa shape index (κ3) is 5.08. The molecule has 3 heteroatoms. The third-order valence-electron chi connectivity index (χ3n) is 1.48. The Balaban J connectivity index is 0.000000162. The molecule has 2 aromatic rings. The van der Waals surface area contributed by atoms with Crippen molar-refractivity contribution >= 4 is 34.8 Å². The van der Waals surface area contributed by atoms with Crippen LogP contribution in [0.2, 0.25) is 15.1 Å². The SMILES string of the molecule is Clc1c[c]c(Cl)c(Cl)c1.c1ccccc1. The van der Waals surface area contributed by atoms with Crippen molar-refractivity contribution in [2.24, 2.45) is 0 Å². The van der Waals surface area contributed by atoms with E-state index in [2.05, 4.69) is 6.07 Å². The lowest BCUT2D eigenvalue weighted by atomic mass is 10.4. The summed E-state index contributed by atoms with van der Waals surface area (Å²) in [5.74, 6) is 0. The third-order valence-corrected chi connectivity index (χ3v) is 2.40. The summed E-state index contributed by atoms with van der Waals surface area (Å²) in [5, 5.41) is 1.38. The first-order valence-corrected chi connectivity index (χ1v) is 5.36. The van der Waals surface area contributed by atoms with Crippen molar-refractivity contribution in [2.75, 3.05) is 0 Å². The van der Waals surface area contributed by atoms with Crippen LogP contribution in [0.4, 0.5) is 0 Å². The highest BCUT2D eigenvalue weighted by molar-refractivity contribution is 6.43. The van der Waals surface area contributed by atoms with Gasteiger partial charge in [-0.15, -0.1) is 0 Å². The van der Waals surface area contributed by atoms with Crippen LogP contribution in [0.25, 0.3) is 0 Å². The zero-order valence-corrected chi connectivity index (χ0v) is 10.0. The van der Waals surface area contributed by atoms with Gasteiger partial charge in [-0.1, -0.05) is 71.2 Å². The molecule has 2 rings (SSSR count). The van der Waals surface area contributed by atoms with Gasteiger partial charge >= 0.3 is 0 Å². The molecule has 0 aromatic heterocycles. The highest BCUT2D eigenvalue weighted by Gasteiger charge is 1.95. The number of hydrogen-bond donors (Lipinski definition) is 0. The van der Waals surface area contributed by atoms with Gasteiger partial charge in [0.2, 0.25) is 0 Å². The van der Waals surface area contributed by atoms with E-state index < -0.39 is 0 Å². The van der Waals surface area contributed by atoms with Crippen LogP contribution in [-0.2, 0) is 0 Å². The van der Waals surface area contributed by atoms with Crippen molar-refractivity contribution in [1.82, 2.24) is 0 Å². The van der Waals surface area contributed by atoms with Gasteiger partial charge in [0, 0.05) is 11.1 Å². The molecule has 0 saturated carbocycles. The van der Waals surface area contributed by atoms with Crippen molar-refractivity contribution in [2.45, 2.75) is 0 Å². The van der Waals surface area contributed by atoms with E-state index in [4.69, 9.17) is 34.8 Å². The van der Waals surface area contributed by atoms with Crippen LogP contribution in [0.5, 0.6) is 0 Å². The zero-order valence-electron chi connectivity index (χ0n) is 7.75. The van der Waals surface area contributed by atoms with Crippen LogP contribution in [-0.4, -0.2) is 0 Å². The zero-order chi connectivity index (χ0) is 11.1. The normalized spacial score (nSPS) is 9.00. The first kappa shape index (κ1) is 12.4. The summed E-state index contributed by atoms with van der Waals surface area (Å²) in [6, 6.07) is 17.8. The van der Waals surface area contributed by atoms with E-state index in [0.29, 0.717) is 15.1 Å². The molecule has 0 spiro atoms. The average Bonchev–Trinajstić information content (AvgIpc) is 2.27. The van der Waals surface area contributed by atoms with E-state index in [1.165, 1.54) is 0 Å². The summed E-state index contributed by atoms with van der Waals surface area (Å²) in [5.41, 5.74) is 0. The predicted molar refractivity (Wildman–Crippen MR) is 66.8 cm³/mol. The second kappa shape index (κ2) is 6.73. The summed E-state index contributed by atoms with van der Waals surface area (Å²) >= 11 is 16.6. The first-order chi connectivity index (χ1) is 7.20. The molecular formula is C12H8Cl3. The molecule has 0 nitrogen and oxygen atoms in total. The van der Waals surface area contributed by atoms with Crippen LogP contribution in [0, 0.1) is 6.07 Å². The Bertz CT molecular complexity index is 372. The summed E-state index contributed by atoms with van der Waals surface area (Å²) in [4.78, 5) is 0. The van der Waals surface area contributed by atoms with Gasteiger partial charge < -0.3 is 0 Å². The van der Waals surface area contributed by atoms with Crippen LogP contribution >= 0.6 is 34.8 Å². The van der Waals surface area contributed by atoms with Crippen molar-refractivity contribution in [1.29, 1.82) is 0 Å². The summed E-state index contributed by atoms with van der Waals surface area (Å²) < 4.78 is 0. The number of rotatable bonds is 0. The monoisotopic (exact) mass is 257 g/mol. The van der Waals surface area contributed by atoms with Crippen molar-refractivity contribution in [3.8, 4) is 0 Å². The van der Waals surface area contributed by atoms with Gasteiger partial charge in [0.15, 0.2) is 0 Å². The van der Waals surface area contributed by atoms with E-state index in [1.807, 2.05) is 36.4 Å². The molecular weight excluding hydrogens is 250 g/mol. The van der Waals surface area contributed by atoms with Gasteiger partial charge in [0.25, 0.3) is 0 Å². The second-order valence-corrected chi connectivity index (χ2v) is 3.86. The molecule has 0 bridgehead atoms. The fourth-order valence-corrected chi connectivity index (χ4v) is 1.31. The molecule has 2 aromatic carbocycles. The van der Waals surface area contributed by atoms with Crippen LogP contribution in [0.15, 0.2) is 48.5 Å². The van der Waals surface area contributed by atoms with Gasteiger partial charge in [-0.3, -0.25) is 0 Å². The van der Waals surface area contributed by atoms with Crippen molar-refractivity contribution in [3.63, 3.8) is 0 Å². The largest absolute Gasteiger partial charge is 0.0843 e. The van der Waals surface area contributed by atoms with E-state index in [1.54, 1.807) is 12.1 Å². The lowest BCUT2D eigenvalue weighted by molar-refractivity contribution is 1.69. The molecule has 0 saturated heterocycles. The maximum absolute atomic E-state index is 5.57. The first-order valence-electron chi connectivity index (χ1n) is 4.22. The molecule has 0 fully saturated rings. The Hall–Kier alpha value is -0.690. The Kier molecular flexibility index (Phi) is 5.56. The Morgan fingerprint density at radius 1 is 0.800 bits per heavy atom. The minimum absolute atomic E-state index is 0.404. The van der Waals surface area contributed by atoms with E-state index in [-0.39, 0.29) is 0 Å². The standard InChI is InChI=1S/C6H2Cl3.C6H6/c7-4-1-2-5(8)6(9)3-4;1-2-4-6-5-3-1/h1,3H;1-6H. The van der Waals surface area contributed by atoms with Gasteiger partial charge in [-0.05, 0) is 12.1 Å². The molecule has 1 radical (unpaired) electrons. The minimum Gasteiger partial charge on any atom is -0.0843 e. The highest BCUT2D eigenvalue weighted by Crippen LogP contribution is 2.23. The molecule has 0 aliphatic rings. The molecule has 0 unspecified atom stereocenters. The van der Waals surface area contributed by atoms with Crippen molar-refractivity contribution < 1.29 is 0 Å². The Labute approximate surface area is 104 Å². The molecule has 0 amide bonds. The predicted octanol–water partition coefficient (Wildman–Crippen LogP) is 5.13. The van der Waals surface area contributed by atoms with E-state index in [9.17, 15) is 0 Å². The Morgan fingerprint density at radius 2 is 1.27 bits per heavy atom. The summed E-state index contributed by atoms with van der Waals surface area (Å²) in [6.07, 6.45) is 0. The maximum Gasteiger partial charge on any atom is 0.0672 e. The highest BCUT2D eigenvalue weighted by atomic mass is 35.5. The molecule has 0 N–H and O–H groups in total. The van der Waals surface area contributed by atoms with Gasteiger partial charge in [0.05, 0.1) is 10.0 Å². The molecule has 0 aliphatic heterocycles. The molecule has 15 heavy (non-hydrogen) atoms. The van der Waals surface area contributed by atoms with Crippen molar-refractivity contribution in [3.05, 3.63) is 69.7 Å². The van der Waals surface area contributed by atoms with Crippen LogP contribution in [0.3, 0.4) is 0 Å². The average molecular weight is 259 g/mol. The minimum atomic E-state index is 0.404. The molecule has 0 heterocycles. The van der Waals surface area contributed by atoms with Gasteiger partial charge in [-0.2, -0.15) is 0 Å². The number of halogens is 3. The second-order valence-electron chi connectivity index (χ2n) is 2.63. The fourth-order valence-electron chi connectivity index (χ4n) is 0.812. The van der Waals surface area contributed by atoms with E-state index in [0.717, 1.165) is 0 Å². The number of benzene rings is 2. The quantitative estimate of drug-likeness (QED) is 0.574. The molecule has 0 atom stereocenters. The fraction of sp³-hybridized carbons (Fsp3) is 0. The summed E-state index contributed by atoms with van der Waals surface area (Å²) in [6.45, 7) is 0. The molecule has 0 aliphatic carbocycles. The topological polar surface area (TPSA) is 0 Å². The lowest BCUT2D eigenvalue weighted by Gasteiger charge is -1.92. The van der Waals surface area contributed by atoms with Gasteiger partial charge in [0.1, 0.15) is 0 Å². The smallest absolute Gasteiger partial charge is 0.0672 e. The van der Waals surface area contributed by atoms with Crippen LogP contribution in [0.1, 0.15) is 0 Å². The Morgan fingerprint density at radius 3 is 1.60 bits per heavy atom. The van der Waals surface area contributed by atoms with E-state index >= 15 is 0 Å². The number of hydrogen-bond acceptors (Lipinski definition) is 0. The molecule has 77 valence electrons. The van der Waals surface area contributed by atoms with Gasteiger partial charge in [-0.25, -0.2) is 0 Å². The maximum atomic E-state index is 5.57. The van der Waals surface area contributed by atoms with Crippen LogP contribution < -0.4 is 0 Å². The summed E-state index contributed by atoms with van der Waals surface area (Å²) in [7, 11) is 0.